The normalized spacial score (nSPS) is 20.1. The first-order valence-corrected chi connectivity index (χ1v) is 27.1. The molecule has 0 bridgehead atoms. The van der Waals surface area contributed by atoms with Crippen LogP contribution < -0.4 is 0 Å². The van der Waals surface area contributed by atoms with Crippen molar-refractivity contribution >= 4 is 16.4 Å². The first kappa shape index (κ1) is 61.6. The quantitative estimate of drug-likeness (QED) is 0.0197. The van der Waals surface area contributed by atoms with Crippen molar-refractivity contribution in [3.63, 3.8) is 0 Å². The second-order valence-electron chi connectivity index (χ2n) is 17.4. The molecule has 1 rings (SSSR count). The van der Waals surface area contributed by atoms with E-state index >= 15 is 0 Å². The number of ether oxygens (including phenoxy) is 4. The predicted octanol–water partition coefficient (Wildman–Crippen LogP) is 11.9. The zero-order chi connectivity index (χ0) is 48.2. The average molecular weight is 953 g/mol. The summed E-state index contributed by atoms with van der Waals surface area (Å²) in [5.74, 6) is -0.411. The van der Waals surface area contributed by atoms with Crippen molar-refractivity contribution in [2.75, 3.05) is 26.4 Å². The number of hydrogen-bond donors (Lipinski definition) is 4. The highest BCUT2D eigenvalue weighted by molar-refractivity contribution is 7.80. The van der Waals surface area contributed by atoms with Gasteiger partial charge < -0.3 is 34.3 Å². The van der Waals surface area contributed by atoms with Gasteiger partial charge in [-0.25, -0.2) is 4.18 Å². The Balaban J connectivity index is 2.37. The molecule has 1 saturated heterocycles. The molecule has 1 aliphatic rings. The van der Waals surface area contributed by atoms with Crippen LogP contribution in [-0.4, -0.2) is 97.5 Å². The SMILES string of the molecule is CC/C=C\C/C=C\C/C=C\C/C=C\CCCCCCCCCCCOCC(COC1OC(CO)C(O)C(OS(=O)(=O)O)C1O)OC(=O)CCCCCCCCC/C=C\C/C=C\CCCCC. The zero-order valence-electron chi connectivity index (χ0n) is 41.0. The van der Waals surface area contributed by atoms with E-state index < -0.39 is 59.8 Å². The fourth-order valence-corrected chi connectivity index (χ4v) is 7.97. The third-order valence-electron chi connectivity index (χ3n) is 11.3. The number of hydrogen-bond acceptors (Lipinski definition) is 11. The van der Waals surface area contributed by atoms with Gasteiger partial charge in [-0.3, -0.25) is 9.35 Å². The van der Waals surface area contributed by atoms with E-state index in [-0.39, 0.29) is 19.6 Å². The number of aliphatic hydroxyl groups excluding tert-OH is 3. The minimum Gasteiger partial charge on any atom is -0.457 e. The fraction of sp³-hybridized carbons (Fsp3) is 0.755. The molecule has 66 heavy (non-hydrogen) atoms. The summed E-state index contributed by atoms with van der Waals surface area (Å²) in [7, 11) is -5.07. The van der Waals surface area contributed by atoms with Gasteiger partial charge in [-0.15, -0.1) is 0 Å². The monoisotopic (exact) mass is 953 g/mol. The van der Waals surface area contributed by atoms with Crippen LogP contribution in [-0.2, 0) is 38.3 Å². The van der Waals surface area contributed by atoms with E-state index in [1.807, 2.05) is 0 Å². The van der Waals surface area contributed by atoms with Crippen LogP contribution in [0.5, 0.6) is 0 Å². The number of aliphatic hydroxyl groups is 3. The summed E-state index contributed by atoms with van der Waals surface area (Å²) in [4.78, 5) is 12.9. The molecule has 1 fully saturated rings. The summed E-state index contributed by atoms with van der Waals surface area (Å²) in [5.41, 5.74) is 0. The van der Waals surface area contributed by atoms with Gasteiger partial charge in [0.15, 0.2) is 6.29 Å². The Morgan fingerprint density at radius 2 is 1.05 bits per heavy atom. The van der Waals surface area contributed by atoms with E-state index in [2.05, 4.69) is 90.9 Å². The number of rotatable bonds is 44. The molecular formula is C53H92O12S. The number of carbonyl (C=O) groups excluding carboxylic acids is 1. The third-order valence-corrected chi connectivity index (χ3v) is 11.8. The Hall–Kier alpha value is -2.46. The van der Waals surface area contributed by atoms with Crippen LogP contribution in [0.4, 0.5) is 0 Å². The average Bonchev–Trinajstić information content (AvgIpc) is 3.29. The van der Waals surface area contributed by atoms with Crippen molar-refractivity contribution in [3.8, 4) is 0 Å². The number of carbonyl (C=O) groups is 1. The van der Waals surface area contributed by atoms with Crippen molar-refractivity contribution in [3.05, 3.63) is 72.9 Å². The third kappa shape index (κ3) is 36.6. The summed E-state index contributed by atoms with van der Waals surface area (Å²) in [6.45, 7) is 3.83. The molecule has 6 unspecified atom stereocenters. The van der Waals surface area contributed by atoms with Crippen LogP contribution >= 0.6 is 0 Å². The van der Waals surface area contributed by atoms with Crippen LogP contribution in [0.3, 0.4) is 0 Å². The Morgan fingerprint density at radius 3 is 1.53 bits per heavy atom. The molecule has 0 saturated carbocycles. The molecule has 4 N–H and O–H groups in total. The molecule has 0 aromatic rings. The van der Waals surface area contributed by atoms with Crippen molar-refractivity contribution < 1.29 is 56.2 Å². The highest BCUT2D eigenvalue weighted by Crippen LogP contribution is 2.26. The van der Waals surface area contributed by atoms with E-state index in [4.69, 9.17) is 18.9 Å². The number of esters is 1. The summed E-state index contributed by atoms with van der Waals surface area (Å²) in [6.07, 6.45) is 47.8. The van der Waals surface area contributed by atoms with Crippen molar-refractivity contribution in [1.29, 1.82) is 0 Å². The highest BCUT2D eigenvalue weighted by Gasteiger charge is 2.48. The molecule has 0 amide bonds. The molecule has 0 aromatic carbocycles. The molecule has 382 valence electrons. The van der Waals surface area contributed by atoms with Gasteiger partial charge in [-0.2, -0.15) is 8.42 Å². The van der Waals surface area contributed by atoms with Crippen molar-refractivity contribution in [1.82, 2.24) is 0 Å². The Kier molecular flexibility index (Phi) is 40.8. The molecule has 1 heterocycles. The zero-order valence-corrected chi connectivity index (χ0v) is 41.8. The van der Waals surface area contributed by atoms with E-state index in [9.17, 15) is 33.1 Å². The second kappa shape index (κ2) is 43.8. The largest absolute Gasteiger partial charge is 0.457 e. The summed E-state index contributed by atoms with van der Waals surface area (Å²) in [6, 6.07) is 0. The van der Waals surface area contributed by atoms with Crippen molar-refractivity contribution in [2.24, 2.45) is 0 Å². The van der Waals surface area contributed by atoms with Gasteiger partial charge in [-0.05, 0) is 83.5 Å². The molecule has 0 spiro atoms. The molecule has 6 atom stereocenters. The van der Waals surface area contributed by atoms with Gasteiger partial charge in [0.05, 0.1) is 19.8 Å². The summed E-state index contributed by atoms with van der Waals surface area (Å²) in [5, 5.41) is 30.8. The topological polar surface area (TPSA) is 178 Å². The van der Waals surface area contributed by atoms with Crippen LogP contribution in [0, 0.1) is 0 Å². The van der Waals surface area contributed by atoms with E-state index in [0.29, 0.717) is 13.0 Å². The second-order valence-corrected chi connectivity index (χ2v) is 18.4. The van der Waals surface area contributed by atoms with Gasteiger partial charge in [0.1, 0.15) is 30.5 Å². The molecule has 13 heteroatoms. The maximum atomic E-state index is 12.9. The molecule has 12 nitrogen and oxygen atoms in total. The fourth-order valence-electron chi connectivity index (χ4n) is 7.46. The van der Waals surface area contributed by atoms with Gasteiger partial charge in [0, 0.05) is 13.0 Å². The van der Waals surface area contributed by atoms with Gasteiger partial charge >= 0.3 is 16.4 Å². The Morgan fingerprint density at radius 1 is 0.591 bits per heavy atom. The molecule has 0 aliphatic carbocycles. The summed E-state index contributed by atoms with van der Waals surface area (Å²) < 4.78 is 59.3. The maximum absolute atomic E-state index is 12.9. The van der Waals surface area contributed by atoms with E-state index in [0.717, 1.165) is 83.5 Å². The van der Waals surface area contributed by atoms with Gasteiger partial charge in [-0.1, -0.05) is 177 Å². The van der Waals surface area contributed by atoms with E-state index in [1.165, 1.54) is 83.5 Å². The lowest BCUT2D eigenvalue weighted by molar-refractivity contribution is -0.301. The lowest BCUT2D eigenvalue weighted by Gasteiger charge is -2.41. The maximum Gasteiger partial charge on any atom is 0.397 e. The molecule has 0 aromatic heterocycles. The predicted molar refractivity (Wildman–Crippen MR) is 266 cm³/mol. The smallest absolute Gasteiger partial charge is 0.397 e. The molecule has 0 radical (unpaired) electrons. The Bertz CT molecular complexity index is 1420. The van der Waals surface area contributed by atoms with Crippen LogP contribution in [0.15, 0.2) is 72.9 Å². The first-order chi connectivity index (χ1) is 32.1. The lowest BCUT2D eigenvalue weighted by Crippen LogP contribution is -2.60. The van der Waals surface area contributed by atoms with Crippen LogP contribution in [0.25, 0.3) is 0 Å². The standard InChI is InChI=1S/C53H92O12S/c1-3-5-7-9-11-13-15-17-19-21-22-23-24-25-27-29-31-33-35-37-39-41-43-61-45-47(46-62-53-51(57)52(65-66(58,59)60)50(56)48(44-54)64-53)63-49(55)42-40-38-36-34-32-30-28-26-20-18-16-14-12-10-8-6-4-2/h5,7,11-14,17-20,22-23,47-48,50-54,56-57H,3-4,6,8-10,15-16,21,24-46H2,1-2H3,(H,58,59,60)/b7-5-,13-11-,14-12-,19-17-,20-18-,23-22-. The first-order valence-electron chi connectivity index (χ1n) is 25.7. The minimum absolute atomic E-state index is 0.0252. The number of unbranched alkanes of at least 4 members (excludes halogenated alkanes) is 19. The molecule has 1 aliphatic heterocycles. The van der Waals surface area contributed by atoms with Gasteiger partial charge in [0.25, 0.3) is 0 Å². The Labute approximate surface area is 401 Å². The molecular weight excluding hydrogens is 861 g/mol. The van der Waals surface area contributed by atoms with Crippen LogP contribution in [0.1, 0.15) is 194 Å². The summed E-state index contributed by atoms with van der Waals surface area (Å²) >= 11 is 0. The van der Waals surface area contributed by atoms with Gasteiger partial charge in [0.2, 0.25) is 0 Å². The van der Waals surface area contributed by atoms with Crippen molar-refractivity contribution in [2.45, 2.75) is 230 Å². The minimum atomic E-state index is -5.07. The lowest BCUT2D eigenvalue weighted by atomic mass is 9.99. The van der Waals surface area contributed by atoms with E-state index in [1.54, 1.807) is 0 Å². The number of allylic oxidation sites excluding steroid dienone is 12. The highest BCUT2D eigenvalue weighted by atomic mass is 32.3. The van der Waals surface area contributed by atoms with Crippen LogP contribution in [0.2, 0.25) is 0 Å².